The minimum absolute atomic E-state index is 0.0156. The highest BCUT2D eigenvalue weighted by Crippen LogP contribution is 2.65. The predicted molar refractivity (Wildman–Crippen MR) is 134 cm³/mol. The number of nitrogens with one attached hydrogen (secondary N) is 2. The van der Waals surface area contributed by atoms with Crippen molar-refractivity contribution in [2.24, 2.45) is 5.92 Å². The Morgan fingerprint density at radius 1 is 0.914 bits per heavy atom. The summed E-state index contributed by atoms with van der Waals surface area (Å²) in [4.78, 5) is 29.0. The number of rotatable bonds is 5. The highest BCUT2D eigenvalue weighted by molar-refractivity contribution is 6.54. The molecule has 35 heavy (non-hydrogen) atoms. The van der Waals surface area contributed by atoms with Crippen LogP contribution in [-0.2, 0) is 4.79 Å². The quantitative estimate of drug-likeness (QED) is 0.233. The standard InChI is InChI=1S/C22H11Cl6F2N3O2/c23-12-2-1-10(6-11(12)20(34)33-19-15(30)5-9(29)7-31-19)32-21(35)17-16(22(17,27)28)8-3-13(24)18(26)14(25)4-8/h1-7,16-17H,(H,32,35)(H,31,33,34)/t16-,17?/m0/s1. The molecule has 2 amide bonds. The summed E-state index contributed by atoms with van der Waals surface area (Å²) in [6, 6.07) is 7.71. The summed E-state index contributed by atoms with van der Waals surface area (Å²) >= 11 is 37.0. The van der Waals surface area contributed by atoms with E-state index in [-0.39, 0.29) is 31.3 Å². The number of anilines is 2. The Morgan fingerprint density at radius 2 is 1.57 bits per heavy atom. The summed E-state index contributed by atoms with van der Waals surface area (Å²) in [7, 11) is 0. The lowest BCUT2D eigenvalue weighted by Gasteiger charge is -2.10. The van der Waals surface area contributed by atoms with Crippen molar-refractivity contribution in [3.05, 3.63) is 85.4 Å². The average Bonchev–Trinajstić information content (AvgIpc) is 3.37. The number of carbonyl (C=O) groups excluding carboxylic acids is 2. The van der Waals surface area contributed by atoms with E-state index in [1.807, 2.05) is 0 Å². The normalized spacial score (nSPS) is 18.2. The SMILES string of the molecule is O=C(Nc1ncc(F)cc1F)c1cc(NC(=O)C2[C@H](c3cc(Cl)c(Cl)c(Cl)c3)C2(Cl)Cl)ccc1Cl. The highest BCUT2D eigenvalue weighted by atomic mass is 35.5. The number of amides is 2. The van der Waals surface area contributed by atoms with Gasteiger partial charge < -0.3 is 10.6 Å². The van der Waals surface area contributed by atoms with Crippen molar-refractivity contribution in [3.8, 4) is 0 Å². The van der Waals surface area contributed by atoms with Crippen molar-refractivity contribution in [1.82, 2.24) is 4.98 Å². The maximum absolute atomic E-state index is 13.8. The molecule has 2 atom stereocenters. The van der Waals surface area contributed by atoms with E-state index < -0.39 is 45.4 Å². The fourth-order valence-corrected chi connectivity index (χ4v) is 5.15. The Bertz CT molecular complexity index is 1350. The van der Waals surface area contributed by atoms with Gasteiger partial charge in [-0.25, -0.2) is 13.8 Å². The molecule has 13 heteroatoms. The summed E-state index contributed by atoms with van der Waals surface area (Å²) in [5.41, 5.74) is 0.625. The molecule has 0 bridgehead atoms. The maximum Gasteiger partial charge on any atom is 0.258 e. The maximum atomic E-state index is 13.8. The second kappa shape index (κ2) is 9.88. The van der Waals surface area contributed by atoms with Crippen LogP contribution in [0.3, 0.4) is 0 Å². The lowest BCUT2D eigenvalue weighted by atomic mass is 10.1. The third kappa shape index (κ3) is 5.31. The molecule has 5 nitrogen and oxygen atoms in total. The summed E-state index contributed by atoms with van der Waals surface area (Å²) in [5.74, 6) is -5.33. The van der Waals surface area contributed by atoms with E-state index in [1.165, 1.54) is 30.3 Å². The minimum atomic E-state index is -1.44. The van der Waals surface area contributed by atoms with Gasteiger partial charge in [0, 0.05) is 17.7 Å². The molecule has 0 radical (unpaired) electrons. The van der Waals surface area contributed by atoms with Crippen LogP contribution in [0.15, 0.2) is 42.6 Å². The third-order valence-corrected chi connectivity index (χ3v) is 7.69. The summed E-state index contributed by atoms with van der Waals surface area (Å²) in [5, 5.41) is 5.38. The molecule has 0 spiro atoms. The molecule has 1 saturated carbocycles. The van der Waals surface area contributed by atoms with E-state index >= 15 is 0 Å². The first-order valence-electron chi connectivity index (χ1n) is 9.65. The molecule has 1 aliphatic carbocycles. The van der Waals surface area contributed by atoms with E-state index in [0.29, 0.717) is 11.6 Å². The summed E-state index contributed by atoms with van der Waals surface area (Å²) in [6.45, 7) is 0. The van der Waals surface area contributed by atoms with Crippen LogP contribution in [0.2, 0.25) is 20.1 Å². The lowest BCUT2D eigenvalue weighted by molar-refractivity contribution is -0.117. The Labute approximate surface area is 227 Å². The van der Waals surface area contributed by atoms with Crippen molar-refractivity contribution in [1.29, 1.82) is 0 Å². The first-order chi connectivity index (χ1) is 16.4. The van der Waals surface area contributed by atoms with Gasteiger partial charge in [-0.2, -0.15) is 0 Å². The lowest BCUT2D eigenvalue weighted by Crippen LogP contribution is -2.18. The van der Waals surface area contributed by atoms with Gasteiger partial charge in [0.1, 0.15) is 10.2 Å². The van der Waals surface area contributed by atoms with Gasteiger partial charge in [0.15, 0.2) is 11.6 Å². The second-order valence-electron chi connectivity index (χ2n) is 7.55. The molecule has 1 aromatic heterocycles. The number of pyridine rings is 1. The van der Waals surface area contributed by atoms with Gasteiger partial charge in [-0.3, -0.25) is 9.59 Å². The van der Waals surface area contributed by atoms with Crippen molar-refractivity contribution < 1.29 is 18.4 Å². The summed E-state index contributed by atoms with van der Waals surface area (Å²) < 4.78 is 25.4. The Kier molecular flexibility index (Phi) is 7.40. The number of alkyl halides is 2. The number of aromatic nitrogens is 1. The van der Waals surface area contributed by atoms with Crippen LogP contribution in [0.1, 0.15) is 21.8 Å². The van der Waals surface area contributed by atoms with Gasteiger partial charge in [0.2, 0.25) is 5.91 Å². The number of benzene rings is 2. The molecule has 1 heterocycles. The van der Waals surface area contributed by atoms with Crippen molar-refractivity contribution in [3.63, 3.8) is 0 Å². The molecule has 1 unspecified atom stereocenters. The van der Waals surface area contributed by atoms with E-state index in [2.05, 4.69) is 15.6 Å². The molecule has 2 N–H and O–H groups in total. The van der Waals surface area contributed by atoms with Crippen LogP contribution in [0.5, 0.6) is 0 Å². The highest BCUT2D eigenvalue weighted by Gasteiger charge is 2.67. The van der Waals surface area contributed by atoms with Crippen LogP contribution in [0.25, 0.3) is 0 Å². The Hall–Kier alpha value is -1.87. The fourth-order valence-electron chi connectivity index (χ4n) is 3.50. The van der Waals surface area contributed by atoms with E-state index in [0.717, 1.165) is 6.20 Å². The van der Waals surface area contributed by atoms with Gasteiger partial charge in [-0.1, -0.05) is 46.4 Å². The van der Waals surface area contributed by atoms with Gasteiger partial charge in [-0.15, -0.1) is 23.2 Å². The largest absolute Gasteiger partial charge is 0.326 e. The van der Waals surface area contributed by atoms with Crippen LogP contribution in [0, 0.1) is 17.6 Å². The van der Waals surface area contributed by atoms with Gasteiger partial charge in [0.25, 0.3) is 5.91 Å². The van der Waals surface area contributed by atoms with Crippen molar-refractivity contribution >= 4 is 92.9 Å². The molecule has 4 rings (SSSR count). The predicted octanol–water partition coefficient (Wildman–Crippen LogP) is 7.75. The van der Waals surface area contributed by atoms with Gasteiger partial charge in [-0.05, 0) is 35.9 Å². The first kappa shape index (κ1) is 26.2. The van der Waals surface area contributed by atoms with E-state index in [4.69, 9.17) is 69.6 Å². The molecule has 0 aliphatic heterocycles. The van der Waals surface area contributed by atoms with Crippen molar-refractivity contribution in [2.75, 3.05) is 10.6 Å². The number of hydrogen-bond donors (Lipinski definition) is 2. The monoisotopic (exact) mass is 597 g/mol. The minimum Gasteiger partial charge on any atom is -0.326 e. The topological polar surface area (TPSA) is 71.1 Å². The molecular formula is C22H11Cl6F2N3O2. The molecule has 1 fully saturated rings. The van der Waals surface area contributed by atoms with Crippen LogP contribution in [-0.4, -0.2) is 21.1 Å². The van der Waals surface area contributed by atoms with E-state index in [9.17, 15) is 18.4 Å². The Morgan fingerprint density at radius 3 is 2.20 bits per heavy atom. The third-order valence-electron chi connectivity index (χ3n) is 5.22. The second-order valence-corrected chi connectivity index (χ2v) is 10.6. The average molecular weight is 600 g/mol. The fraction of sp³-hybridized carbons (Fsp3) is 0.136. The van der Waals surface area contributed by atoms with Gasteiger partial charge >= 0.3 is 0 Å². The van der Waals surface area contributed by atoms with Crippen LogP contribution in [0.4, 0.5) is 20.3 Å². The number of nitrogens with zero attached hydrogens (tertiary/aromatic N) is 1. The number of carbonyl (C=O) groups is 2. The van der Waals surface area contributed by atoms with Crippen LogP contribution < -0.4 is 10.6 Å². The molecule has 1 aliphatic rings. The zero-order chi connectivity index (χ0) is 25.7. The molecule has 2 aromatic carbocycles. The molecular weight excluding hydrogens is 589 g/mol. The first-order valence-corrected chi connectivity index (χ1v) is 11.9. The summed E-state index contributed by atoms with van der Waals surface area (Å²) in [6.07, 6.45) is 0.745. The van der Waals surface area contributed by atoms with Gasteiger partial charge in [0.05, 0.1) is 37.8 Å². The zero-order valence-corrected chi connectivity index (χ0v) is 21.5. The van der Waals surface area contributed by atoms with E-state index in [1.54, 1.807) is 0 Å². The van der Waals surface area contributed by atoms with Crippen LogP contribution >= 0.6 is 69.6 Å². The molecule has 0 saturated heterocycles. The smallest absolute Gasteiger partial charge is 0.258 e. The Balaban J connectivity index is 1.52. The zero-order valence-electron chi connectivity index (χ0n) is 17.0. The number of hydrogen-bond acceptors (Lipinski definition) is 3. The molecule has 182 valence electrons. The molecule has 3 aromatic rings. The number of halogens is 8. The van der Waals surface area contributed by atoms with Crippen molar-refractivity contribution in [2.45, 2.75) is 10.3 Å².